The first-order chi connectivity index (χ1) is 7.10. The molecular weight excluding hydrogens is 192 g/mol. The molecule has 1 saturated heterocycles. The Morgan fingerprint density at radius 2 is 2.20 bits per heavy atom. The van der Waals surface area contributed by atoms with Crippen LogP contribution in [0.5, 0.6) is 0 Å². The number of amides is 1. The lowest BCUT2D eigenvalue weighted by atomic mass is 9.68. The Bertz CT molecular complexity index is 250. The molecule has 86 valence electrons. The molecule has 15 heavy (non-hydrogen) atoms. The summed E-state index contributed by atoms with van der Waals surface area (Å²) >= 11 is 0. The van der Waals surface area contributed by atoms with E-state index in [9.17, 15) is 4.79 Å². The Balaban J connectivity index is 1.96. The predicted octanol–water partition coefficient (Wildman–Crippen LogP) is 0.411. The van der Waals surface area contributed by atoms with E-state index in [4.69, 9.17) is 10.5 Å². The van der Waals surface area contributed by atoms with Gasteiger partial charge in [-0.3, -0.25) is 4.79 Å². The van der Waals surface area contributed by atoms with E-state index in [1.807, 2.05) is 6.92 Å². The normalized spacial score (nSPS) is 33.5. The van der Waals surface area contributed by atoms with Crippen LogP contribution in [0.15, 0.2) is 0 Å². The van der Waals surface area contributed by atoms with Crippen LogP contribution in [0, 0.1) is 5.41 Å². The molecule has 0 aromatic rings. The number of ether oxygens (including phenoxy) is 1. The van der Waals surface area contributed by atoms with Crippen molar-refractivity contribution >= 4 is 5.91 Å². The van der Waals surface area contributed by atoms with E-state index in [1.165, 1.54) is 0 Å². The fraction of sp³-hybridized carbons (Fsp3) is 0.909. The minimum Gasteiger partial charge on any atom is -0.379 e. The highest BCUT2D eigenvalue weighted by atomic mass is 16.5. The van der Waals surface area contributed by atoms with Crippen molar-refractivity contribution < 1.29 is 9.53 Å². The summed E-state index contributed by atoms with van der Waals surface area (Å²) in [4.78, 5) is 12.1. The summed E-state index contributed by atoms with van der Waals surface area (Å²) in [7, 11) is 0. The van der Waals surface area contributed by atoms with Gasteiger partial charge >= 0.3 is 0 Å². The molecule has 0 aromatic carbocycles. The third-order valence-electron chi connectivity index (χ3n) is 3.82. The Labute approximate surface area is 90.5 Å². The lowest BCUT2D eigenvalue weighted by molar-refractivity contribution is -0.137. The smallest absolute Gasteiger partial charge is 0.227 e. The SMILES string of the molecule is CC1(NC(=O)C2(CN)CCC2)CCOC1. The zero-order valence-electron chi connectivity index (χ0n) is 9.34. The highest BCUT2D eigenvalue weighted by Gasteiger charge is 2.45. The first kappa shape index (κ1) is 10.9. The van der Waals surface area contributed by atoms with Crippen molar-refractivity contribution in [2.75, 3.05) is 19.8 Å². The van der Waals surface area contributed by atoms with Gasteiger partial charge in [0.05, 0.1) is 17.6 Å². The maximum Gasteiger partial charge on any atom is 0.227 e. The molecule has 0 spiro atoms. The van der Waals surface area contributed by atoms with Gasteiger partial charge in [-0.25, -0.2) is 0 Å². The van der Waals surface area contributed by atoms with Crippen LogP contribution in [0.2, 0.25) is 0 Å². The summed E-state index contributed by atoms with van der Waals surface area (Å²) in [6, 6.07) is 0. The molecular formula is C11H20N2O2. The van der Waals surface area contributed by atoms with Crippen molar-refractivity contribution in [1.82, 2.24) is 5.32 Å². The molecule has 4 nitrogen and oxygen atoms in total. The zero-order valence-corrected chi connectivity index (χ0v) is 9.34. The standard InChI is InChI=1S/C11H20N2O2/c1-10(5-6-15-8-10)13-9(14)11(7-12)3-2-4-11/h2-8,12H2,1H3,(H,13,14). The van der Waals surface area contributed by atoms with Crippen LogP contribution in [0.1, 0.15) is 32.6 Å². The number of nitrogens with one attached hydrogen (secondary N) is 1. The molecule has 2 fully saturated rings. The van der Waals surface area contributed by atoms with E-state index >= 15 is 0 Å². The van der Waals surface area contributed by atoms with E-state index in [0.29, 0.717) is 13.2 Å². The van der Waals surface area contributed by atoms with Crippen LogP contribution in [-0.4, -0.2) is 31.2 Å². The Kier molecular flexibility index (Phi) is 2.73. The van der Waals surface area contributed by atoms with E-state index in [1.54, 1.807) is 0 Å². The number of carbonyl (C=O) groups is 1. The van der Waals surface area contributed by atoms with Gasteiger partial charge in [-0.15, -0.1) is 0 Å². The highest BCUT2D eigenvalue weighted by molar-refractivity contribution is 5.84. The van der Waals surface area contributed by atoms with Crippen molar-refractivity contribution in [1.29, 1.82) is 0 Å². The van der Waals surface area contributed by atoms with Crippen molar-refractivity contribution in [3.05, 3.63) is 0 Å². The third-order valence-corrected chi connectivity index (χ3v) is 3.82. The third kappa shape index (κ3) is 1.88. The fourth-order valence-corrected chi connectivity index (χ4v) is 2.30. The van der Waals surface area contributed by atoms with Crippen LogP contribution in [0.4, 0.5) is 0 Å². The predicted molar refractivity (Wildman–Crippen MR) is 57.3 cm³/mol. The number of nitrogens with two attached hydrogens (primary N) is 1. The van der Waals surface area contributed by atoms with E-state index < -0.39 is 0 Å². The maximum absolute atomic E-state index is 12.1. The number of hydrogen-bond donors (Lipinski definition) is 2. The van der Waals surface area contributed by atoms with Crippen molar-refractivity contribution in [3.63, 3.8) is 0 Å². The van der Waals surface area contributed by atoms with E-state index in [2.05, 4.69) is 5.32 Å². The monoisotopic (exact) mass is 212 g/mol. The molecule has 1 heterocycles. The quantitative estimate of drug-likeness (QED) is 0.712. The van der Waals surface area contributed by atoms with Crippen LogP contribution in [0.25, 0.3) is 0 Å². The van der Waals surface area contributed by atoms with Crippen molar-refractivity contribution in [2.24, 2.45) is 11.1 Å². The zero-order chi connectivity index (χ0) is 10.9. The summed E-state index contributed by atoms with van der Waals surface area (Å²) in [6.07, 6.45) is 3.90. The molecule has 1 unspecified atom stereocenters. The molecule has 1 aliphatic heterocycles. The summed E-state index contributed by atoms with van der Waals surface area (Å²) in [5, 5.41) is 3.10. The minimum absolute atomic E-state index is 0.129. The molecule has 0 aromatic heterocycles. The second-order valence-corrected chi connectivity index (χ2v) is 5.16. The van der Waals surface area contributed by atoms with Crippen molar-refractivity contribution in [2.45, 2.75) is 38.1 Å². The topological polar surface area (TPSA) is 64.4 Å². The lowest BCUT2D eigenvalue weighted by Gasteiger charge is -2.41. The fourth-order valence-electron chi connectivity index (χ4n) is 2.30. The minimum atomic E-state index is -0.272. The summed E-state index contributed by atoms with van der Waals surface area (Å²) in [6.45, 7) is 3.88. The van der Waals surface area contributed by atoms with Crippen LogP contribution in [0.3, 0.4) is 0 Å². The summed E-state index contributed by atoms with van der Waals surface area (Å²) in [5.41, 5.74) is 5.25. The number of carbonyl (C=O) groups excluding carboxylic acids is 1. The number of rotatable bonds is 3. The van der Waals surface area contributed by atoms with Gasteiger partial charge in [-0.05, 0) is 26.2 Å². The van der Waals surface area contributed by atoms with E-state index in [-0.39, 0.29) is 16.9 Å². The Morgan fingerprint density at radius 3 is 2.60 bits per heavy atom. The second kappa shape index (κ2) is 3.76. The molecule has 4 heteroatoms. The van der Waals surface area contributed by atoms with Gasteiger partial charge in [0, 0.05) is 13.2 Å². The van der Waals surface area contributed by atoms with Gasteiger partial charge in [0.25, 0.3) is 0 Å². The molecule has 0 radical (unpaired) electrons. The molecule has 2 rings (SSSR count). The first-order valence-electron chi connectivity index (χ1n) is 5.71. The molecule has 1 saturated carbocycles. The molecule has 0 bridgehead atoms. The largest absolute Gasteiger partial charge is 0.379 e. The second-order valence-electron chi connectivity index (χ2n) is 5.16. The van der Waals surface area contributed by atoms with Crippen LogP contribution < -0.4 is 11.1 Å². The van der Waals surface area contributed by atoms with Gasteiger partial charge in [0.15, 0.2) is 0 Å². The average molecular weight is 212 g/mol. The number of hydrogen-bond acceptors (Lipinski definition) is 3. The Morgan fingerprint density at radius 1 is 1.47 bits per heavy atom. The Hall–Kier alpha value is -0.610. The summed E-state index contributed by atoms with van der Waals surface area (Å²) < 4.78 is 5.31. The van der Waals surface area contributed by atoms with Crippen LogP contribution >= 0.6 is 0 Å². The molecule has 3 N–H and O–H groups in total. The van der Waals surface area contributed by atoms with Gasteiger partial charge in [0.1, 0.15) is 0 Å². The van der Waals surface area contributed by atoms with Crippen molar-refractivity contribution in [3.8, 4) is 0 Å². The van der Waals surface area contributed by atoms with Gasteiger partial charge in [-0.1, -0.05) is 6.42 Å². The maximum atomic E-state index is 12.1. The van der Waals surface area contributed by atoms with Crippen LogP contribution in [-0.2, 0) is 9.53 Å². The van der Waals surface area contributed by atoms with E-state index in [0.717, 1.165) is 32.3 Å². The van der Waals surface area contributed by atoms with Gasteiger partial charge < -0.3 is 15.8 Å². The lowest BCUT2D eigenvalue weighted by Crippen LogP contribution is -2.57. The van der Waals surface area contributed by atoms with Gasteiger partial charge in [-0.2, -0.15) is 0 Å². The van der Waals surface area contributed by atoms with Gasteiger partial charge in [0.2, 0.25) is 5.91 Å². The average Bonchev–Trinajstić information content (AvgIpc) is 2.50. The summed E-state index contributed by atoms with van der Waals surface area (Å²) in [5.74, 6) is 0.129. The highest BCUT2D eigenvalue weighted by Crippen LogP contribution is 2.40. The molecule has 2 aliphatic rings. The molecule has 1 atom stereocenters. The first-order valence-corrected chi connectivity index (χ1v) is 5.71. The molecule has 1 aliphatic carbocycles. The molecule has 1 amide bonds.